The van der Waals surface area contributed by atoms with Crippen LogP contribution in [0.3, 0.4) is 0 Å². The average molecular weight is 231 g/mol. The van der Waals surface area contributed by atoms with Gasteiger partial charge in [-0.25, -0.2) is 0 Å². The lowest BCUT2D eigenvalue weighted by Gasteiger charge is -2.35. The smallest absolute Gasteiger partial charge is 0.323 e. The molecule has 1 saturated heterocycles. The van der Waals surface area contributed by atoms with Crippen LogP contribution in [-0.2, 0) is 14.3 Å². The second kappa shape index (κ2) is 6.83. The molecule has 0 bridgehead atoms. The first kappa shape index (κ1) is 13.4. The Bertz CT molecular complexity index is 214. The van der Waals surface area contributed by atoms with E-state index in [9.17, 15) is 4.79 Å². The zero-order chi connectivity index (χ0) is 12.0. The molecule has 1 fully saturated rings. The van der Waals surface area contributed by atoms with Crippen LogP contribution in [-0.4, -0.2) is 62.5 Å². The van der Waals surface area contributed by atoms with Gasteiger partial charge in [-0.3, -0.25) is 9.69 Å². The normalized spacial score (nSPS) is 20.9. The summed E-state index contributed by atoms with van der Waals surface area (Å²) in [6.45, 7) is 2.66. The molecule has 5 heteroatoms. The van der Waals surface area contributed by atoms with Gasteiger partial charge in [-0.1, -0.05) is 0 Å². The van der Waals surface area contributed by atoms with Crippen molar-refractivity contribution in [2.75, 3.05) is 40.5 Å². The highest BCUT2D eigenvalue weighted by Crippen LogP contribution is 2.19. The van der Waals surface area contributed by atoms with Crippen LogP contribution in [0.2, 0.25) is 0 Å². The highest BCUT2D eigenvalue weighted by molar-refractivity contribution is 5.73. The van der Waals surface area contributed by atoms with Crippen LogP contribution in [0.1, 0.15) is 12.8 Å². The Morgan fingerprint density at radius 1 is 1.38 bits per heavy atom. The van der Waals surface area contributed by atoms with Crippen molar-refractivity contribution in [3.8, 4) is 0 Å². The molecule has 16 heavy (non-hydrogen) atoms. The number of ether oxygens (including phenoxy) is 2. The molecule has 1 atom stereocenters. The molecule has 1 aliphatic heterocycles. The van der Waals surface area contributed by atoms with E-state index in [1.807, 2.05) is 4.90 Å². The van der Waals surface area contributed by atoms with Gasteiger partial charge in [0.2, 0.25) is 0 Å². The SMILES string of the molecule is COCC1CCN(C(COC)C(=O)O)CC1. The molecule has 0 saturated carbocycles. The minimum atomic E-state index is -0.799. The Labute approximate surface area is 96.3 Å². The monoisotopic (exact) mass is 231 g/mol. The first-order valence-electron chi connectivity index (χ1n) is 5.63. The molecular weight excluding hydrogens is 210 g/mol. The summed E-state index contributed by atoms with van der Waals surface area (Å²) in [5.74, 6) is -0.231. The molecule has 1 aliphatic rings. The summed E-state index contributed by atoms with van der Waals surface area (Å²) >= 11 is 0. The van der Waals surface area contributed by atoms with Crippen molar-refractivity contribution < 1.29 is 19.4 Å². The topological polar surface area (TPSA) is 59.0 Å². The van der Waals surface area contributed by atoms with Gasteiger partial charge in [-0.05, 0) is 31.8 Å². The molecule has 0 amide bonds. The van der Waals surface area contributed by atoms with E-state index in [1.54, 1.807) is 7.11 Å². The van der Waals surface area contributed by atoms with Crippen LogP contribution in [0.25, 0.3) is 0 Å². The summed E-state index contributed by atoms with van der Waals surface area (Å²) in [6, 6.07) is -0.506. The van der Waals surface area contributed by atoms with Crippen LogP contribution < -0.4 is 0 Å². The third kappa shape index (κ3) is 3.73. The fourth-order valence-corrected chi connectivity index (χ4v) is 2.16. The van der Waals surface area contributed by atoms with Crippen molar-refractivity contribution >= 4 is 5.97 Å². The number of hydrogen-bond donors (Lipinski definition) is 1. The van der Waals surface area contributed by atoms with E-state index >= 15 is 0 Å². The van der Waals surface area contributed by atoms with E-state index in [2.05, 4.69) is 0 Å². The maximum absolute atomic E-state index is 11.0. The van der Waals surface area contributed by atoms with Gasteiger partial charge in [0.15, 0.2) is 0 Å². The number of carboxylic acid groups (broad SMARTS) is 1. The molecule has 5 nitrogen and oxygen atoms in total. The van der Waals surface area contributed by atoms with E-state index < -0.39 is 12.0 Å². The summed E-state index contributed by atoms with van der Waals surface area (Å²) in [7, 11) is 3.24. The maximum Gasteiger partial charge on any atom is 0.323 e. The number of nitrogens with zero attached hydrogens (tertiary/aromatic N) is 1. The minimum absolute atomic E-state index is 0.254. The highest BCUT2D eigenvalue weighted by atomic mass is 16.5. The number of piperidine rings is 1. The number of carbonyl (C=O) groups is 1. The quantitative estimate of drug-likeness (QED) is 0.719. The van der Waals surface area contributed by atoms with Gasteiger partial charge in [0.25, 0.3) is 0 Å². The Hall–Kier alpha value is -0.650. The number of rotatable bonds is 6. The van der Waals surface area contributed by atoms with Crippen molar-refractivity contribution in [1.82, 2.24) is 4.90 Å². The average Bonchev–Trinajstić information content (AvgIpc) is 2.27. The van der Waals surface area contributed by atoms with Crippen LogP contribution in [0.15, 0.2) is 0 Å². The van der Waals surface area contributed by atoms with Crippen LogP contribution in [0.5, 0.6) is 0 Å². The first-order valence-corrected chi connectivity index (χ1v) is 5.63. The summed E-state index contributed by atoms with van der Waals surface area (Å²) in [5.41, 5.74) is 0. The van der Waals surface area contributed by atoms with Crippen molar-refractivity contribution in [2.45, 2.75) is 18.9 Å². The third-order valence-electron chi connectivity index (χ3n) is 3.10. The van der Waals surface area contributed by atoms with Crippen molar-refractivity contribution in [3.63, 3.8) is 0 Å². The van der Waals surface area contributed by atoms with Crippen molar-refractivity contribution in [1.29, 1.82) is 0 Å². The molecule has 0 aromatic heterocycles. The molecule has 0 aromatic rings. The van der Waals surface area contributed by atoms with Gasteiger partial charge < -0.3 is 14.6 Å². The van der Waals surface area contributed by atoms with Crippen molar-refractivity contribution in [2.24, 2.45) is 5.92 Å². The molecule has 0 aromatic carbocycles. The standard InChI is InChI=1S/C11H21NO4/c1-15-7-9-3-5-12(6-4-9)10(8-16-2)11(13)14/h9-10H,3-8H2,1-2H3,(H,13,14). The maximum atomic E-state index is 11.0. The van der Waals surface area contributed by atoms with Gasteiger partial charge in [0.1, 0.15) is 6.04 Å². The molecule has 1 rings (SSSR count). The van der Waals surface area contributed by atoms with Gasteiger partial charge in [-0.15, -0.1) is 0 Å². The lowest BCUT2D eigenvalue weighted by atomic mass is 9.96. The minimum Gasteiger partial charge on any atom is -0.480 e. The van der Waals surface area contributed by atoms with Crippen LogP contribution >= 0.6 is 0 Å². The molecule has 1 unspecified atom stereocenters. The van der Waals surface area contributed by atoms with Gasteiger partial charge in [0.05, 0.1) is 6.61 Å². The van der Waals surface area contributed by atoms with Gasteiger partial charge in [-0.2, -0.15) is 0 Å². The predicted octanol–water partition coefficient (Wildman–Crippen LogP) is 0.444. The first-order chi connectivity index (χ1) is 7.69. The number of carboxylic acids is 1. The zero-order valence-corrected chi connectivity index (χ0v) is 10.0. The van der Waals surface area contributed by atoms with E-state index in [0.29, 0.717) is 5.92 Å². The van der Waals surface area contributed by atoms with E-state index in [0.717, 1.165) is 32.5 Å². The molecule has 0 radical (unpaired) electrons. The van der Waals surface area contributed by atoms with Crippen LogP contribution in [0, 0.1) is 5.92 Å². The number of methoxy groups -OCH3 is 2. The molecular formula is C11H21NO4. The number of aliphatic carboxylic acids is 1. The fraction of sp³-hybridized carbons (Fsp3) is 0.909. The Balaban J connectivity index is 2.41. The molecule has 94 valence electrons. The van der Waals surface area contributed by atoms with Crippen LogP contribution in [0.4, 0.5) is 0 Å². The second-order valence-corrected chi connectivity index (χ2v) is 4.24. The highest BCUT2D eigenvalue weighted by Gasteiger charge is 2.29. The van der Waals surface area contributed by atoms with Crippen molar-refractivity contribution in [3.05, 3.63) is 0 Å². The summed E-state index contributed by atoms with van der Waals surface area (Å²) in [4.78, 5) is 13.0. The zero-order valence-electron chi connectivity index (χ0n) is 10.0. The summed E-state index contributed by atoms with van der Waals surface area (Å²) in [6.07, 6.45) is 2.00. The van der Waals surface area contributed by atoms with E-state index in [4.69, 9.17) is 14.6 Å². The Kier molecular flexibility index (Phi) is 5.73. The molecule has 1 heterocycles. The fourth-order valence-electron chi connectivity index (χ4n) is 2.16. The molecule has 0 aliphatic carbocycles. The third-order valence-corrected chi connectivity index (χ3v) is 3.10. The largest absolute Gasteiger partial charge is 0.480 e. The lowest BCUT2D eigenvalue weighted by Crippen LogP contribution is -2.48. The molecule has 1 N–H and O–H groups in total. The Morgan fingerprint density at radius 2 is 2.00 bits per heavy atom. The van der Waals surface area contributed by atoms with Gasteiger partial charge >= 0.3 is 5.97 Å². The second-order valence-electron chi connectivity index (χ2n) is 4.24. The predicted molar refractivity (Wildman–Crippen MR) is 59.5 cm³/mol. The van der Waals surface area contributed by atoms with E-state index in [1.165, 1.54) is 7.11 Å². The summed E-state index contributed by atoms with van der Waals surface area (Å²) < 4.78 is 10.1. The molecule has 0 spiro atoms. The number of hydrogen-bond acceptors (Lipinski definition) is 4. The Morgan fingerprint density at radius 3 is 2.44 bits per heavy atom. The summed E-state index contributed by atoms with van der Waals surface area (Å²) in [5, 5.41) is 9.08. The number of likely N-dealkylation sites (tertiary alicyclic amines) is 1. The van der Waals surface area contributed by atoms with Gasteiger partial charge in [0, 0.05) is 20.8 Å². The van der Waals surface area contributed by atoms with E-state index in [-0.39, 0.29) is 6.61 Å². The lowest BCUT2D eigenvalue weighted by molar-refractivity contribution is -0.146.